The average Bonchev–Trinajstić information content (AvgIpc) is 2.68. The molecule has 1 heterocycles. The third kappa shape index (κ3) is 4.11. The predicted octanol–water partition coefficient (Wildman–Crippen LogP) is 6.57. The summed E-state index contributed by atoms with van der Waals surface area (Å²) in [7, 11) is 0. The maximum Gasteiger partial charge on any atom is 0.122 e. The van der Waals surface area contributed by atoms with Crippen molar-refractivity contribution >= 4 is 21.7 Å². The molecule has 0 saturated carbocycles. The molecule has 0 fully saturated rings. The number of aryl methyl sites for hydroxylation is 1. The van der Waals surface area contributed by atoms with Gasteiger partial charge in [0.25, 0.3) is 0 Å². The molecule has 0 spiro atoms. The Morgan fingerprint density at radius 1 is 0.852 bits per heavy atom. The van der Waals surface area contributed by atoms with Gasteiger partial charge in [-0.05, 0) is 56.2 Å². The molecule has 0 aliphatic heterocycles. The minimum Gasteiger partial charge on any atom is -0.488 e. The van der Waals surface area contributed by atoms with Crippen molar-refractivity contribution in [3.8, 4) is 5.75 Å². The van der Waals surface area contributed by atoms with Crippen LogP contribution in [-0.2, 0) is 6.42 Å². The van der Waals surface area contributed by atoms with Gasteiger partial charge in [-0.2, -0.15) is 0 Å². The number of rotatable bonds is 6. The van der Waals surface area contributed by atoms with Crippen molar-refractivity contribution in [3.05, 3.63) is 84.6 Å². The molecule has 136 valence electrons. The van der Waals surface area contributed by atoms with Gasteiger partial charge in [0.1, 0.15) is 11.4 Å². The summed E-state index contributed by atoms with van der Waals surface area (Å²) in [5, 5.41) is 3.57. The summed E-state index contributed by atoms with van der Waals surface area (Å²) in [6, 6.07) is 25.2. The highest BCUT2D eigenvalue weighted by Crippen LogP contribution is 2.29. The molecule has 0 amide bonds. The van der Waals surface area contributed by atoms with Crippen LogP contribution in [0.25, 0.3) is 21.7 Å². The Labute approximate surface area is 160 Å². The van der Waals surface area contributed by atoms with Gasteiger partial charge in [-0.3, -0.25) is 4.98 Å². The average molecular weight is 355 g/mol. The van der Waals surface area contributed by atoms with Crippen LogP contribution < -0.4 is 4.74 Å². The number of ether oxygens (including phenoxy) is 1. The summed E-state index contributed by atoms with van der Waals surface area (Å²) in [6.45, 7) is 4.33. The molecule has 0 aliphatic carbocycles. The molecular formula is C25H25NO. The molecule has 4 rings (SSSR count). The number of aromatic nitrogens is 1. The summed E-state index contributed by atoms with van der Waals surface area (Å²) < 4.78 is 6.32. The second kappa shape index (κ2) is 7.40. The highest BCUT2D eigenvalue weighted by Gasteiger charge is 2.19. The van der Waals surface area contributed by atoms with Gasteiger partial charge in [0.2, 0.25) is 0 Å². The molecule has 0 atom stereocenters. The van der Waals surface area contributed by atoms with Gasteiger partial charge in [0, 0.05) is 23.0 Å². The van der Waals surface area contributed by atoms with Gasteiger partial charge >= 0.3 is 0 Å². The number of hydrogen-bond donors (Lipinski definition) is 0. The first-order valence-electron chi connectivity index (χ1n) is 9.61. The van der Waals surface area contributed by atoms with E-state index in [9.17, 15) is 0 Å². The first-order chi connectivity index (χ1) is 13.1. The quantitative estimate of drug-likeness (QED) is 0.365. The zero-order valence-corrected chi connectivity index (χ0v) is 16.0. The Morgan fingerprint density at radius 3 is 2.48 bits per heavy atom. The van der Waals surface area contributed by atoms with Crippen molar-refractivity contribution in [2.24, 2.45) is 0 Å². The van der Waals surface area contributed by atoms with Crippen molar-refractivity contribution in [2.75, 3.05) is 0 Å². The van der Waals surface area contributed by atoms with E-state index < -0.39 is 0 Å². The van der Waals surface area contributed by atoms with Crippen LogP contribution >= 0.6 is 0 Å². The highest BCUT2D eigenvalue weighted by molar-refractivity contribution is 6.05. The van der Waals surface area contributed by atoms with Crippen LogP contribution in [0.1, 0.15) is 32.3 Å². The zero-order valence-electron chi connectivity index (χ0n) is 16.0. The fourth-order valence-electron chi connectivity index (χ4n) is 3.64. The van der Waals surface area contributed by atoms with E-state index >= 15 is 0 Å². The second-order valence-electron chi connectivity index (χ2n) is 7.73. The van der Waals surface area contributed by atoms with Gasteiger partial charge in [0.05, 0.1) is 5.52 Å². The molecule has 2 nitrogen and oxygen atoms in total. The van der Waals surface area contributed by atoms with E-state index in [2.05, 4.69) is 85.6 Å². The third-order valence-electron chi connectivity index (χ3n) is 5.04. The normalized spacial score (nSPS) is 11.8. The van der Waals surface area contributed by atoms with Crippen molar-refractivity contribution < 1.29 is 4.74 Å². The lowest BCUT2D eigenvalue weighted by Gasteiger charge is -2.26. The molecule has 0 aliphatic rings. The number of fused-ring (bicyclic) bond motifs is 3. The zero-order chi connectivity index (χ0) is 18.7. The van der Waals surface area contributed by atoms with Crippen LogP contribution in [-0.4, -0.2) is 10.6 Å². The van der Waals surface area contributed by atoms with Crippen LogP contribution in [0.5, 0.6) is 5.75 Å². The van der Waals surface area contributed by atoms with Gasteiger partial charge in [-0.15, -0.1) is 0 Å². The van der Waals surface area contributed by atoms with Gasteiger partial charge in [0.15, 0.2) is 0 Å². The van der Waals surface area contributed by atoms with Gasteiger partial charge < -0.3 is 4.74 Å². The third-order valence-corrected chi connectivity index (χ3v) is 5.04. The summed E-state index contributed by atoms with van der Waals surface area (Å²) in [5.74, 6) is 0.884. The number of hydrogen-bond acceptors (Lipinski definition) is 2. The van der Waals surface area contributed by atoms with Crippen LogP contribution in [0.15, 0.2) is 79.0 Å². The lowest BCUT2D eigenvalue weighted by molar-refractivity contribution is 0.0973. The minimum absolute atomic E-state index is 0.209. The Hall–Kier alpha value is -2.87. The standard InChI is InChI=1S/C25H25NO/c1-25(2,16-8-11-19-9-4-3-5-10-19)27-21-14-15-23-22-13-7-6-12-20(22)18-26-24(23)17-21/h3-7,9-10,12-15,17-18H,8,11,16H2,1-2H3. The molecule has 27 heavy (non-hydrogen) atoms. The number of benzene rings is 3. The van der Waals surface area contributed by atoms with Crippen LogP contribution in [0.2, 0.25) is 0 Å². The van der Waals surface area contributed by atoms with Crippen LogP contribution in [0.4, 0.5) is 0 Å². The molecule has 0 saturated heterocycles. The maximum atomic E-state index is 6.32. The Bertz CT molecular complexity index is 1050. The highest BCUT2D eigenvalue weighted by atomic mass is 16.5. The number of pyridine rings is 1. The Morgan fingerprint density at radius 2 is 1.63 bits per heavy atom. The molecular weight excluding hydrogens is 330 g/mol. The van der Waals surface area contributed by atoms with E-state index in [0.717, 1.165) is 30.5 Å². The topological polar surface area (TPSA) is 22.1 Å². The minimum atomic E-state index is -0.209. The van der Waals surface area contributed by atoms with E-state index in [4.69, 9.17) is 4.74 Å². The Balaban J connectivity index is 1.47. The van der Waals surface area contributed by atoms with E-state index in [1.54, 1.807) is 0 Å². The Kier molecular flexibility index (Phi) is 4.81. The van der Waals surface area contributed by atoms with E-state index in [1.807, 2.05) is 12.3 Å². The molecule has 2 heteroatoms. The fourth-order valence-corrected chi connectivity index (χ4v) is 3.64. The largest absolute Gasteiger partial charge is 0.488 e. The maximum absolute atomic E-state index is 6.32. The molecule has 4 aromatic rings. The molecule has 3 aromatic carbocycles. The van der Waals surface area contributed by atoms with Crippen molar-refractivity contribution in [1.82, 2.24) is 4.98 Å². The van der Waals surface area contributed by atoms with E-state index in [1.165, 1.54) is 21.7 Å². The van der Waals surface area contributed by atoms with Crippen molar-refractivity contribution in [1.29, 1.82) is 0 Å². The first kappa shape index (κ1) is 17.5. The van der Waals surface area contributed by atoms with Crippen molar-refractivity contribution in [3.63, 3.8) is 0 Å². The smallest absolute Gasteiger partial charge is 0.122 e. The van der Waals surface area contributed by atoms with Crippen LogP contribution in [0, 0.1) is 0 Å². The summed E-state index contributed by atoms with van der Waals surface area (Å²) in [4.78, 5) is 4.62. The number of nitrogens with zero attached hydrogens (tertiary/aromatic N) is 1. The van der Waals surface area contributed by atoms with Gasteiger partial charge in [-0.1, -0.05) is 54.6 Å². The second-order valence-corrected chi connectivity index (χ2v) is 7.73. The molecule has 0 bridgehead atoms. The lowest BCUT2D eigenvalue weighted by atomic mass is 9.98. The first-order valence-corrected chi connectivity index (χ1v) is 9.61. The molecule has 0 unspecified atom stereocenters. The summed E-state index contributed by atoms with van der Waals surface area (Å²) >= 11 is 0. The molecule has 0 radical (unpaired) electrons. The molecule has 0 N–H and O–H groups in total. The summed E-state index contributed by atoms with van der Waals surface area (Å²) in [5.41, 5.74) is 2.15. The SMILES string of the molecule is CC(C)(CCCc1ccccc1)Oc1ccc2c(c1)ncc1ccccc12. The van der Waals surface area contributed by atoms with Crippen molar-refractivity contribution in [2.45, 2.75) is 38.7 Å². The fraction of sp³-hybridized carbons (Fsp3) is 0.240. The van der Waals surface area contributed by atoms with Crippen LogP contribution in [0.3, 0.4) is 0 Å². The monoisotopic (exact) mass is 355 g/mol. The molecule has 1 aromatic heterocycles. The predicted molar refractivity (Wildman–Crippen MR) is 113 cm³/mol. The lowest BCUT2D eigenvalue weighted by Crippen LogP contribution is -2.28. The van der Waals surface area contributed by atoms with E-state index in [-0.39, 0.29) is 5.60 Å². The van der Waals surface area contributed by atoms with Gasteiger partial charge in [-0.25, -0.2) is 0 Å². The van der Waals surface area contributed by atoms with E-state index in [0.29, 0.717) is 0 Å². The summed E-state index contributed by atoms with van der Waals surface area (Å²) in [6.07, 6.45) is 5.13.